The summed E-state index contributed by atoms with van der Waals surface area (Å²) >= 11 is 0. The summed E-state index contributed by atoms with van der Waals surface area (Å²) in [5.41, 5.74) is 1.33. The lowest BCUT2D eigenvalue weighted by Gasteiger charge is -2.33. The maximum atomic E-state index is 13.9. The first-order valence-electron chi connectivity index (χ1n) is 12.6. The molecule has 3 rings (SSSR count). The number of carbonyl (C=O) groups is 2. The molecule has 0 aliphatic rings. The fourth-order valence-corrected chi connectivity index (χ4v) is 5.62. The Morgan fingerprint density at radius 1 is 0.895 bits per heavy atom. The zero-order valence-corrected chi connectivity index (χ0v) is 22.9. The normalized spacial score (nSPS) is 11.9. The fraction of sp³-hybridized carbons (Fsp3) is 0.310. The summed E-state index contributed by atoms with van der Waals surface area (Å²) in [6.07, 6.45) is 0.913. The zero-order chi connectivity index (χ0) is 27.5. The molecule has 8 nitrogen and oxygen atoms in total. The van der Waals surface area contributed by atoms with Crippen molar-refractivity contribution in [3.05, 3.63) is 90.5 Å². The van der Waals surface area contributed by atoms with Gasteiger partial charge in [-0.15, -0.1) is 0 Å². The van der Waals surface area contributed by atoms with E-state index >= 15 is 0 Å². The lowest BCUT2D eigenvalue weighted by atomic mass is 10.1. The van der Waals surface area contributed by atoms with Gasteiger partial charge in [-0.3, -0.25) is 13.9 Å². The minimum Gasteiger partial charge on any atom is -0.497 e. The standard InChI is InChI=1S/C29H35N3O5S/c1-4-27(29(34)30-5-2)31(21-20-23-12-8-6-9-13-23)28(33)22-32(24-16-18-25(37-3)19-17-24)38(35,36)26-14-10-7-11-15-26/h6-19,27H,4-5,20-22H2,1-3H3,(H,30,34)/t27-/m0/s1. The van der Waals surface area contributed by atoms with Crippen LogP contribution < -0.4 is 14.4 Å². The first-order valence-corrected chi connectivity index (χ1v) is 14.1. The molecule has 0 heterocycles. The Morgan fingerprint density at radius 3 is 2.05 bits per heavy atom. The molecule has 38 heavy (non-hydrogen) atoms. The van der Waals surface area contributed by atoms with Gasteiger partial charge in [-0.1, -0.05) is 55.5 Å². The van der Waals surface area contributed by atoms with E-state index in [-0.39, 0.29) is 17.3 Å². The van der Waals surface area contributed by atoms with Gasteiger partial charge >= 0.3 is 0 Å². The van der Waals surface area contributed by atoms with Crippen molar-refractivity contribution < 1.29 is 22.7 Å². The lowest BCUT2D eigenvalue weighted by molar-refractivity contribution is -0.139. The highest BCUT2D eigenvalue weighted by Gasteiger charge is 2.33. The van der Waals surface area contributed by atoms with Crippen LogP contribution in [0.3, 0.4) is 0 Å². The third kappa shape index (κ3) is 7.13. The molecule has 0 aliphatic carbocycles. The van der Waals surface area contributed by atoms with Crippen molar-refractivity contribution >= 4 is 27.5 Å². The van der Waals surface area contributed by atoms with Crippen molar-refractivity contribution in [1.82, 2.24) is 10.2 Å². The Hall–Kier alpha value is -3.85. The Labute approximate surface area is 225 Å². The first kappa shape index (κ1) is 28.7. The summed E-state index contributed by atoms with van der Waals surface area (Å²) in [5.74, 6) is -0.170. The molecule has 3 aromatic rings. The van der Waals surface area contributed by atoms with Crippen LogP contribution in [0.15, 0.2) is 89.8 Å². The molecular formula is C29H35N3O5S. The maximum Gasteiger partial charge on any atom is 0.264 e. The van der Waals surface area contributed by atoms with Gasteiger partial charge in [0.2, 0.25) is 11.8 Å². The summed E-state index contributed by atoms with van der Waals surface area (Å²) in [5, 5.41) is 2.81. The number of hydrogen-bond donors (Lipinski definition) is 1. The zero-order valence-electron chi connectivity index (χ0n) is 22.0. The topological polar surface area (TPSA) is 96.0 Å². The average molecular weight is 538 g/mol. The van der Waals surface area contributed by atoms with Gasteiger partial charge in [0.15, 0.2) is 0 Å². The van der Waals surface area contributed by atoms with Gasteiger partial charge < -0.3 is 15.0 Å². The van der Waals surface area contributed by atoms with Crippen molar-refractivity contribution in [2.75, 3.05) is 31.0 Å². The predicted octanol–water partition coefficient (Wildman–Crippen LogP) is 3.88. The van der Waals surface area contributed by atoms with Gasteiger partial charge in [0, 0.05) is 13.1 Å². The van der Waals surface area contributed by atoms with E-state index in [2.05, 4.69) is 5.32 Å². The van der Waals surface area contributed by atoms with Gasteiger partial charge in [0.25, 0.3) is 10.0 Å². The average Bonchev–Trinajstić information content (AvgIpc) is 2.95. The van der Waals surface area contributed by atoms with Crippen LogP contribution in [0.2, 0.25) is 0 Å². The third-order valence-corrected chi connectivity index (χ3v) is 7.98. The number of anilines is 1. The first-order chi connectivity index (χ1) is 18.3. The molecule has 0 saturated heterocycles. The van der Waals surface area contributed by atoms with Crippen LogP contribution in [0.5, 0.6) is 5.75 Å². The van der Waals surface area contributed by atoms with Crippen molar-refractivity contribution in [2.45, 2.75) is 37.6 Å². The summed E-state index contributed by atoms with van der Waals surface area (Å²) < 4.78 is 33.8. The second-order valence-electron chi connectivity index (χ2n) is 8.66. The molecule has 3 aromatic carbocycles. The number of nitrogens with zero attached hydrogens (tertiary/aromatic N) is 2. The Kier molecular flexibility index (Phi) is 10.3. The molecule has 1 N–H and O–H groups in total. The van der Waals surface area contributed by atoms with E-state index in [1.165, 1.54) is 24.1 Å². The number of benzene rings is 3. The quantitative estimate of drug-likeness (QED) is 0.357. The van der Waals surface area contributed by atoms with E-state index in [4.69, 9.17) is 4.74 Å². The van der Waals surface area contributed by atoms with E-state index in [0.29, 0.717) is 30.8 Å². The van der Waals surface area contributed by atoms with Crippen LogP contribution in [0.25, 0.3) is 0 Å². The van der Waals surface area contributed by atoms with Gasteiger partial charge in [-0.25, -0.2) is 8.42 Å². The molecule has 0 spiro atoms. The Balaban J connectivity index is 1.99. The van der Waals surface area contributed by atoms with E-state index in [9.17, 15) is 18.0 Å². The summed E-state index contributed by atoms with van der Waals surface area (Å²) in [7, 11) is -2.57. The highest BCUT2D eigenvalue weighted by Crippen LogP contribution is 2.26. The van der Waals surface area contributed by atoms with E-state index in [1.54, 1.807) is 42.5 Å². The number of rotatable bonds is 13. The van der Waals surface area contributed by atoms with Crippen LogP contribution >= 0.6 is 0 Å². The molecule has 0 fully saturated rings. The van der Waals surface area contributed by atoms with Crippen molar-refractivity contribution in [1.29, 1.82) is 0 Å². The fourth-order valence-electron chi connectivity index (χ4n) is 4.18. The van der Waals surface area contributed by atoms with Gasteiger partial charge in [-0.2, -0.15) is 0 Å². The highest BCUT2D eigenvalue weighted by atomic mass is 32.2. The molecular weight excluding hydrogens is 502 g/mol. The smallest absolute Gasteiger partial charge is 0.264 e. The van der Waals surface area contributed by atoms with Crippen LogP contribution in [0.4, 0.5) is 5.69 Å². The molecule has 0 aromatic heterocycles. The van der Waals surface area contributed by atoms with Crippen molar-refractivity contribution in [3.63, 3.8) is 0 Å². The molecule has 0 unspecified atom stereocenters. The monoisotopic (exact) mass is 537 g/mol. The number of carbonyl (C=O) groups excluding carboxylic acids is 2. The van der Waals surface area contributed by atoms with Gasteiger partial charge in [0.05, 0.1) is 17.7 Å². The van der Waals surface area contributed by atoms with Gasteiger partial charge in [0.1, 0.15) is 18.3 Å². The van der Waals surface area contributed by atoms with Gasteiger partial charge in [-0.05, 0) is 61.7 Å². The highest BCUT2D eigenvalue weighted by molar-refractivity contribution is 7.92. The van der Waals surface area contributed by atoms with Crippen LogP contribution in [-0.4, -0.2) is 57.9 Å². The Bertz CT molecular complexity index is 1280. The molecule has 0 aliphatic heterocycles. The molecule has 0 bridgehead atoms. The number of nitrogens with one attached hydrogen (secondary N) is 1. The van der Waals surface area contributed by atoms with E-state index in [0.717, 1.165) is 9.87 Å². The molecule has 202 valence electrons. The molecule has 0 saturated carbocycles. The van der Waals surface area contributed by atoms with Crippen LogP contribution in [0.1, 0.15) is 25.8 Å². The number of sulfonamides is 1. The third-order valence-electron chi connectivity index (χ3n) is 6.19. The lowest BCUT2D eigenvalue weighted by Crippen LogP contribution is -2.53. The second-order valence-corrected chi connectivity index (χ2v) is 10.5. The number of hydrogen-bond acceptors (Lipinski definition) is 5. The maximum absolute atomic E-state index is 13.9. The summed E-state index contributed by atoms with van der Waals surface area (Å²) in [6, 6.07) is 23.4. The largest absolute Gasteiger partial charge is 0.497 e. The number of likely N-dealkylation sites (N-methyl/N-ethyl adjacent to an activating group) is 1. The molecule has 9 heteroatoms. The number of ether oxygens (including phenoxy) is 1. The van der Waals surface area contributed by atoms with E-state index in [1.807, 2.05) is 44.2 Å². The van der Waals surface area contributed by atoms with Crippen molar-refractivity contribution in [3.8, 4) is 5.75 Å². The van der Waals surface area contributed by atoms with E-state index < -0.39 is 28.5 Å². The number of amides is 2. The van der Waals surface area contributed by atoms with Crippen molar-refractivity contribution in [2.24, 2.45) is 0 Å². The van der Waals surface area contributed by atoms with Crippen LogP contribution in [0, 0.1) is 0 Å². The number of methoxy groups -OCH3 is 1. The summed E-state index contributed by atoms with van der Waals surface area (Å²) in [6.45, 7) is 3.88. The molecule has 1 atom stereocenters. The second kappa shape index (κ2) is 13.6. The summed E-state index contributed by atoms with van der Waals surface area (Å²) in [4.78, 5) is 28.4. The Morgan fingerprint density at radius 2 is 1.50 bits per heavy atom. The SMILES string of the molecule is CCNC(=O)[C@H](CC)N(CCc1ccccc1)C(=O)CN(c1ccc(OC)cc1)S(=O)(=O)c1ccccc1. The van der Waals surface area contributed by atoms with Crippen LogP contribution in [-0.2, 0) is 26.0 Å². The molecule has 2 amide bonds. The minimum atomic E-state index is -4.09. The molecule has 0 radical (unpaired) electrons. The minimum absolute atomic E-state index is 0.0650. The predicted molar refractivity (Wildman–Crippen MR) is 149 cm³/mol.